The molecule has 10 heteroatoms. The molecule has 2 amide bonds. The van der Waals surface area contributed by atoms with Gasteiger partial charge in [-0.15, -0.1) is 0 Å². The van der Waals surface area contributed by atoms with Crippen LogP contribution in [-0.4, -0.2) is 50.5 Å². The van der Waals surface area contributed by atoms with Gasteiger partial charge < -0.3 is 10.2 Å². The van der Waals surface area contributed by atoms with E-state index in [4.69, 9.17) is 11.6 Å². The summed E-state index contributed by atoms with van der Waals surface area (Å²) in [7, 11) is -3.87. The zero-order valence-electron chi connectivity index (χ0n) is 21.3. The molecule has 3 aromatic rings. The average Bonchev–Trinajstić information content (AvgIpc) is 2.89. The zero-order valence-corrected chi connectivity index (χ0v) is 24.5. The number of anilines is 1. The van der Waals surface area contributed by atoms with Gasteiger partial charge in [0.15, 0.2) is 0 Å². The van der Waals surface area contributed by atoms with Gasteiger partial charge in [-0.3, -0.25) is 13.9 Å². The van der Waals surface area contributed by atoms with E-state index in [0.29, 0.717) is 6.54 Å². The van der Waals surface area contributed by atoms with Crippen molar-refractivity contribution >= 4 is 55.1 Å². The normalized spacial score (nSPS) is 12.0. The Labute approximate surface area is 238 Å². The van der Waals surface area contributed by atoms with E-state index in [-0.39, 0.29) is 29.6 Å². The molecule has 3 rings (SSSR count). The maximum Gasteiger partial charge on any atom is 0.244 e. The average molecular weight is 621 g/mol. The first-order valence-electron chi connectivity index (χ1n) is 12.2. The molecule has 1 atom stereocenters. The molecule has 0 saturated carbocycles. The molecule has 7 nitrogen and oxygen atoms in total. The minimum absolute atomic E-state index is 0.114. The molecule has 0 radical (unpaired) electrons. The maximum atomic E-state index is 14.0. The number of halogens is 2. The molecule has 0 aliphatic carbocycles. The lowest BCUT2D eigenvalue weighted by Gasteiger charge is -2.33. The first-order chi connectivity index (χ1) is 18.1. The van der Waals surface area contributed by atoms with E-state index in [2.05, 4.69) is 21.2 Å². The lowest BCUT2D eigenvalue weighted by atomic mass is 10.0. The van der Waals surface area contributed by atoms with Crippen LogP contribution in [0, 0.1) is 0 Å². The standard InChI is InChI=1S/C28H31BrClN3O4S/c1-3-17-31-28(35)26(18-21-9-5-4-6-10-21)32(19-22-13-15-23(29)16-14-22)27(34)20-33(38(2,36)37)25-12-8-7-11-24(25)30/h4-16,26H,3,17-20H2,1-2H3,(H,31,35). The number of hydrogen-bond acceptors (Lipinski definition) is 4. The molecule has 0 bridgehead atoms. The Bertz CT molecular complexity index is 1340. The van der Waals surface area contributed by atoms with E-state index in [1.807, 2.05) is 61.5 Å². The van der Waals surface area contributed by atoms with E-state index in [1.54, 1.807) is 24.3 Å². The lowest BCUT2D eigenvalue weighted by Crippen LogP contribution is -2.53. The van der Waals surface area contributed by atoms with Crippen molar-refractivity contribution in [3.8, 4) is 0 Å². The zero-order chi connectivity index (χ0) is 27.7. The molecule has 3 aromatic carbocycles. The molecule has 1 N–H and O–H groups in total. The summed E-state index contributed by atoms with van der Waals surface area (Å²) in [4.78, 5) is 28.8. The molecule has 0 aliphatic rings. The van der Waals surface area contributed by atoms with Gasteiger partial charge in [0, 0.05) is 24.0 Å². The van der Waals surface area contributed by atoms with Crippen molar-refractivity contribution in [3.05, 3.63) is 99.5 Å². The van der Waals surface area contributed by atoms with Crippen LogP contribution in [0.15, 0.2) is 83.3 Å². The third kappa shape index (κ3) is 8.31. The Balaban J connectivity index is 2.04. The summed E-state index contributed by atoms with van der Waals surface area (Å²) in [6.07, 6.45) is 2.03. The Morgan fingerprint density at radius 2 is 1.58 bits per heavy atom. The van der Waals surface area contributed by atoms with Crippen LogP contribution in [-0.2, 0) is 32.6 Å². The number of benzene rings is 3. The Morgan fingerprint density at radius 1 is 0.947 bits per heavy atom. The first kappa shape index (κ1) is 29.7. The van der Waals surface area contributed by atoms with Gasteiger partial charge in [-0.05, 0) is 41.8 Å². The Morgan fingerprint density at radius 3 is 2.18 bits per heavy atom. The SMILES string of the molecule is CCCNC(=O)C(Cc1ccccc1)N(Cc1ccc(Br)cc1)C(=O)CN(c1ccccc1Cl)S(C)(=O)=O. The largest absolute Gasteiger partial charge is 0.354 e. The number of rotatable bonds is 12. The predicted octanol–water partition coefficient (Wildman–Crippen LogP) is 5.03. The van der Waals surface area contributed by atoms with E-state index in [9.17, 15) is 18.0 Å². The molecule has 38 heavy (non-hydrogen) atoms. The molecular formula is C28H31BrClN3O4S. The van der Waals surface area contributed by atoms with Crippen molar-refractivity contribution < 1.29 is 18.0 Å². The summed E-state index contributed by atoms with van der Waals surface area (Å²) in [6.45, 7) is 2.01. The number of carbonyl (C=O) groups excluding carboxylic acids is 2. The fourth-order valence-corrected chi connectivity index (χ4v) is 5.37. The van der Waals surface area contributed by atoms with Gasteiger partial charge in [0.05, 0.1) is 17.0 Å². The number of hydrogen-bond donors (Lipinski definition) is 1. The van der Waals surface area contributed by atoms with Crippen LogP contribution in [0.2, 0.25) is 5.02 Å². The van der Waals surface area contributed by atoms with Gasteiger partial charge in [-0.1, -0.05) is 89.1 Å². The lowest BCUT2D eigenvalue weighted by molar-refractivity contribution is -0.140. The highest BCUT2D eigenvalue weighted by molar-refractivity contribution is 9.10. The summed E-state index contributed by atoms with van der Waals surface area (Å²) >= 11 is 9.73. The van der Waals surface area contributed by atoms with Crippen molar-refractivity contribution in [1.29, 1.82) is 0 Å². The van der Waals surface area contributed by atoms with E-state index < -0.39 is 28.5 Å². The second-order valence-electron chi connectivity index (χ2n) is 8.87. The Kier molecular flexibility index (Phi) is 10.8. The third-order valence-corrected chi connectivity index (χ3v) is 7.86. The van der Waals surface area contributed by atoms with Gasteiger partial charge in [0.1, 0.15) is 12.6 Å². The topological polar surface area (TPSA) is 86.8 Å². The summed E-state index contributed by atoms with van der Waals surface area (Å²) in [5.74, 6) is -0.823. The highest BCUT2D eigenvalue weighted by Crippen LogP contribution is 2.28. The monoisotopic (exact) mass is 619 g/mol. The van der Waals surface area contributed by atoms with Crippen LogP contribution >= 0.6 is 27.5 Å². The van der Waals surface area contributed by atoms with Gasteiger partial charge in [-0.2, -0.15) is 0 Å². The molecule has 0 spiro atoms. The fraction of sp³-hybridized carbons (Fsp3) is 0.286. The predicted molar refractivity (Wildman–Crippen MR) is 156 cm³/mol. The second kappa shape index (κ2) is 13.8. The number of carbonyl (C=O) groups is 2. The van der Waals surface area contributed by atoms with Crippen LogP contribution in [0.3, 0.4) is 0 Å². The number of nitrogens with one attached hydrogen (secondary N) is 1. The quantitative estimate of drug-likeness (QED) is 0.308. The van der Waals surface area contributed by atoms with Gasteiger partial charge in [0.2, 0.25) is 21.8 Å². The van der Waals surface area contributed by atoms with E-state index >= 15 is 0 Å². The van der Waals surface area contributed by atoms with Crippen LogP contribution < -0.4 is 9.62 Å². The molecule has 1 unspecified atom stereocenters. The molecule has 0 aliphatic heterocycles. The van der Waals surface area contributed by atoms with E-state index in [0.717, 1.165) is 32.6 Å². The number of para-hydroxylation sites is 1. The molecular weight excluding hydrogens is 590 g/mol. The number of sulfonamides is 1. The minimum Gasteiger partial charge on any atom is -0.354 e. The summed E-state index contributed by atoms with van der Waals surface area (Å²) in [6, 6.07) is 22.4. The summed E-state index contributed by atoms with van der Waals surface area (Å²) in [5, 5.41) is 3.11. The first-order valence-corrected chi connectivity index (χ1v) is 15.2. The molecule has 0 saturated heterocycles. The van der Waals surface area contributed by atoms with Gasteiger partial charge >= 0.3 is 0 Å². The van der Waals surface area contributed by atoms with Crippen molar-refractivity contribution in [2.24, 2.45) is 0 Å². The second-order valence-corrected chi connectivity index (χ2v) is 12.1. The number of amides is 2. The smallest absolute Gasteiger partial charge is 0.244 e. The molecule has 0 heterocycles. The van der Waals surface area contributed by atoms with Gasteiger partial charge in [-0.25, -0.2) is 8.42 Å². The minimum atomic E-state index is -3.87. The highest BCUT2D eigenvalue weighted by atomic mass is 79.9. The van der Waals surface area contributed by atoms with Crippen LogP contribution in [0.4, 0.5) is 5.69 Å². The molecule has 0 aromatic heterocycles. The van der Waals surface area contributed by atoms with Crippen molar-refractivity contribution in [2.45, 2.75) is 32.4 Å². The van der Waals surface area contributed by atoms with Crippen molar-refractivity contribution in [2.75, 3.05) is 23.7 Å². The van der Waals surface area contributed by atoms with Gasteiger partial charge in [0.25, 0.3) is 0 Å². The van der Waals surface area contributed by atoms with Crippen LogP contribution in [0.5, 0.6) is 0 Å². The maximum absolute atomic E-state index is 14.0. The number of nitrogens with zero attached hydrogens (tertiary/aromatic N) is 2. The van der Waals surface area contributed by atoms with E-state index in [1.165, 1.54) is 4.90 Å². The highest BCUT2D eigenvalue weighted by Gasteiger charge is 2.33. The van der Waals surface area contributed by atoms with Crippen LogP contribution in [0.25, 0.3) is 0 Å². The Hall–Kier alpha value is -2.88. The van der Waals surface area contributed by atoms with Crippen molar-refractivity contribution in [3.63, 3.8) is 0 Å². The third-order valence-electron chi connectivity index (χ3n) is 5.89. The van der Waals surface area contributed by atoms with Crippen molar-refractivity contribution in [1.82, 2.24) is 10.2 Å². The summed E-state index contributed by atoms with van der Waals surface area (Å²) in [5.41, 5.74) is 1.87. The summed E-state index contributed by atoms with van der Waals surface area (Å²) < 4.78 is 27.4. The fourth-order valence-electron chi connectivity index (χ4n) is 3.96. The van der Waals surface area contributed by atoms with Crippen LogP contribution in [0.1, 0.15) is 24.5 Å². The molecule has 0 fully saturated rings. The molecule has 202 valence electrons.